The number of ether oxygens (including phenoxy) is 1. The number of fused-ring (bicyclic) bond motifs is 1. The maximum Gasteiger partial charge on any atom is 0.338 e. The molecule has 7 nitrogen and oxygen atoms in total. The largest absolute Gasteiger partial charge is 0.508 e. The number of esters is 1. The van der Waals surface area contributed by atoms with Crippen LogP contribution in [0.2, 0.25) is 0 Å². The molecule has 0 amide bonds. The van der Waals surface area contributed by atoms with Gasteiger partial charge in [-0.3, -0.25) is 0 Å². The van der Waals surface area contributed by atoms with Crippen LogP contribution in [0, 0.1) is 0 Å². The van der Waals surface area contributed by atoms with Gasteiger partial charge in [0.1, 0.15) is 18.1 Å². The maximum atomic E-state index is 12.6. The van der Waals surface area contributed by atoms with Crippen LogP contribution in [0.5, 0.6) is 5.75 Å². The minimum Gasteiger partial charge on any atom is -0.508 e. The Morgan fingerprint density at radius 3 is 2.91 bits per heavy atom. The van der Waals surface area contributed by atoms with E-state index in [1.807, 2.05) is 6.07 Å². The second-order valence-corrected chi connectivity index (χ2v) is 5.64. The summed E-state index contributed by atoms with van der Waals surface area (Å²) in [5, 5.41) is 17.1. The number of nitrogens with one attached hydrogen (secondary N) is 1. The Balaban J connectivity index is 2.13. The van der Waals surface area contributed by atoms with Gasteiger partial charge in [0.05, 0.1) is 11.7 Å². The van der Waals surface area contributed by atoms with Crippen molar-refractivity contribution in [1.29, 1.82) is 0 Å². The number of allylic oxidation sites excluding steroid dienone is 1. The van der Waals surface area contributed by atoms with Crippen molar-refractivity contribution in [2.24, 2.45) is 0 Å². The number of carbonyl (C=O) groups is 1. The Morgan fingerprint density at radius 1 is 1.43 bits per heavy atom. The van der Waals surface area contributed by atoms with E-state index in [-0.39, 0.29) is 11.9 Å². The van der Waals surface area contributed by atoms with E-state index < -0.39 is 12.0 Å². The van der Waals surface area contributed by atoms with Gasteiger partial charge in [0.25, 0.3) is 0 Å². The first-order valence-corrected chi connectivity index (χ1v) is 7.34. The lowest BCUT2D eigenvalue weighted by Gasteiger charge is -2.28. The number of aromatic hydroxyl groups is 1. The highest BCUT2D eigenvalue weighted by Crippen LogP contribution is 2.36. The minimum atomic E-state index is -0.507. The van der Waals surface area contributed by atoms with E-state index in [1.165, 1.54) is 6.33 Å². The summed E-state index contributed by atoms with van der Waals surface area (Å²) in [6, 6.07) is 6.24. The quantitative estimate of drug-likeness (QED) is 0.845. The third kappa shape index (κ3) is 2.77. The molecule has 0 bridgehead atoms. The van der Waals surface area contributed by atoms with Crippen molar-refractivity contribution in [3.8, 4) is 5.75 Å². The molecular weight excluding hydrogens is 296 g/mol. The first-order chi connectivity index (χ1) is 11.0. The van der Waals surface area contributed by atoms with Crippen LogP contribution in [0.3, 0.4) is 0 Å². The van der Waals surface area contributed by atoms with Crippen molar-refractivity contribution in [3.63, 3.8) is 0 Å². The lowest BCUT2D eigenvalue weighted by molar-refractivity contribution is -0.143. The highest BCUT2D eigenvalue weighted by molar-refractivity contribution is 5.92. The molecular formula is C16H18N4O3. The van der Waals surface area contributed by atoms with Gasteiger partial charge in [-0.05, 0) is 38.5 Å². The lowest BCUT2D eigenvalue weighted by Crippen LogP contribution is -2.30. The average Bonchev–Trinajstić information content (AvgIpc) is 2.92. The topological polar surface area (TPSA) is 89.3 Å². The van der Waals surface area contributed by atoms with E-state index in [4.69, 9.17) is 4.74 Å². The third-order valence-electron chi connectivity index (χ3n) is 3.54. The van der Waals surface area contributed by atoms with Gasteiger partial charge < -0.3 is 15.2 Å². The van der Waals surface area contributed by atoms with E-state index in [1.54, 1.807) is 43.7 Å². The molecule has 1 aromatic heterocycles. The van der Waals surface area contributed by atoms with Gasteiger partial charge in [0.15, 0.2) is 0 Å². The van der Waals surface area contributed by atoms with Crippen molar-refractivity contribution < 1.29 is 14.6 Å². The molecule has 7 heteroatoms. The van der Waals surface area contributed by atoms with Crippen molar-refractivity contribution in [2.75, 3.05) is 5.32 Å². The highest BCUT2D eigenvalue weighted by Gasteiger charge is 2.34. The molecule has 0 saturated carbocycles. The molecule has 23 heavy (non-hydrogen) atoms. The molecule has 2 heterocycles. The monoisotopic (exact) mass is 314 g/mol. The van der Waals surface area contributed by atoms with E-state index in [0.29, 0.717) is 17.2 Å². The summed E-state index contributed by atoms with van der Waals surface area (Å²) in [5.74, 6) is 0.244. The molecule has 0 saturated heterocycles. The molecule has 0 unspecified atom stereocenters. The SMILES string of the molecule is CC1=C(C(=O)OC(C)C)[C@H](c2cccc(O)c2)n2ncnc2N1. The van der Waals surface area contributed by atoms with Gasteiger partial charge in [0.2, 0.25) is 5.95 Å². The average molecular weight is 314 g/mol. The van der Waals surface area contributed by atoms with Gasteiger partial charge in [-0.1, -0.05) is 12.1 Å². The van der Waals surface area contributed by atoms with E-state index in [2.05, 4.69) is 15.4 Å². The zero-order valence-electron chi connectivity index (χ0n) is 13.1. The Morgan fingerprint density at radius 2 is 2.22 bits per heavy atom. The summed E-state index contributed by atoms with van der Waals surface area (Å²) in [7, 11) is 0. The number of rotatable bonds is 3. The Labute approximate surface area is 133 Å². The molecule has 1 aliphatic heterocycles. The normalized spacial score (nSPS) is 17.0. The molecule has 1 aliphatic rings. The number of anilines is 1. The van der Waals surface area contributed by atoms with Gasteiger partial charge in [-0.25, -0.2) is 9.48 Å². The van der Waals surface area contributed by atoms with Crippen LogP contribution < -0.4 is 5.32 Å². The molecule has 2 aromatic rings. The van der Waals surface area contributed by atoms with Gasteiger partial charge >= 0.3 is 5.97 Å². The van der Waals surface area contributed by atoms with Crippen LogP contribution in [-0.4, -0.2) is 31.9 Å². The summed E-state index contributed by atoms with van der Waals surface area (Å²) in [4.78, 5) is 16.7. The van der Waals surface area contributed by atoms with E-state index in [0.717, 1.165) is 5.56 Å². The number of carbonyl (C=O) groups excluding carboxylic acids is 1. The fourth-order valence-corrected chi connectivity index (χ4v) is 2.64. The summed E-state index contributed by atoms with van der Waals surface area (Å²) >= 11 is 0. The molecule has 0 aliphatic carbocycles. The number of benzene rings is 1. The molecule has 1 atom stereocenters. The van der Waals surface area contributed by atoms with Gasteiger partial charge in [0, 0.05) is 5.70 Å². The molecule has 2 N–H and O–H groups in total. The summed E-state index contributed by atoms with van der Waals surface area (Å²) in [5.41, 5.74) is 1.83. The minimum absolute atomic E-state index is 0.122. The predicted molar refractivity (Wildman–Crippen MR) is 83.8 cm³/mol. The fraction of sp³-hybridized carbons (Fsp3) is 0.312. The van der Waals surface area contributed by atoms with Crippen LogP contribution in [0.15, 0.2) is 41.9 Å². The van der Waals surface area contributed by atoms with Crippen LogP contribution in [-0.2, 0) is 9.53 Å². The summed E-state index contributed by atoms with van der Waals surface area (Å²) in [6.45, 7) is 5.40. The summed E-state index contributed by atoms with van der Waals surface area (Å²) < 4.78 is 6.98. The predicted octanol–water partition coefficient (Wildman–Crippen LogP) is 2.22. The second-order valence-electron chi connectivity index (χ2n) is 5.64. The third-order valence-corrected chi connectivity index (χ3v) is 3.54. The standard InChI is InChI=1S/C16H18N4O3/c1-9(2)23-15(22)13-10(3)19-16-17-8-18-20(16)14(13)11-5-4-6-12(21)7-11/h4-9,14,21H,1-3H3,(H,17,18,19)/t14-/m0/s1. The molecule has 0 radical (unpaired) electrons. The molecule has 3 rings (SSSR count). The van der Waals surface area contributed by atoms with Crippen LogP contribution in [0.4, 0.5) is 5.95 Å². The molecule has 0 spiro atoms. The molecule has 120 valence electrons. The Kier molecular flexibility index (Phi) is 3.77. The van der Waals surface area contributed by atoms with Gasteiger partial charge in [-0.2, -0.15) is 10.1 Å². The van der Waals surface area contributed by atoms with Crippen molar-refractivity contribution in [1.82, 2.24) is 14.8 Å². The molecule has 0 fully saturated rings. The van der Waals surface area contributed by atoms with E-state index in [9.17, 15) is 9.90 Å². The van der Waals surface area contributed by atoms with Crippen LogP contribution in [0.1, 0.15) is 32.4 Å². The Bertz CT molecular complexity index is 779. The maximum absolute atomic E-state index is 12.6. The number of aromatic nitrogens is 3. The lowest BCUT2D eigenvalue weighted by atomic mass is 9.95. The van der Waals surface area contributed by atoms with Crippen LogP contribution >= 0.6 is 0 Å². The van der Waals surface area contributed by atoms with Crippen LogP contribution in [0.25, 0.3) is 0 Å². The number of phenols is 1. The number of phenolic OH excluding ortho intramolecular Hbond substituents is 1. The highest BCUT2D eigenvalue weighted by atomic mass is 16.5. The molecule has 1 aromatic carbocycles. The second kappa shape index (κ2) is 5.75. The first kappa shape index (κ1) is 15.1. The van der Waals surface area contributed by atoms with Gasteiger partial charge in [-0.15, -0.1) is 0 Å². The zero-order valence-corrected chi connectivity index (χ0v) is 13.1. The first-order valence-electron chi connectivity index (χ1n) is 7.34. The Hall–Kier alpha value is -2.83. The number of hydrogen-bond acceptors (Lipinski definition) is 6. The van der Waals surface area contributed by atoms with Crippen molar-refractivity contribution in [3.05, 3.63) is 47.4 Å². The number of nitrogens with zero attached hydrogens (tertiary/aromatic N) is 3. The smallest absolute Gasteiger partial charge is 0.338 e. The number of hydrogen-bond donors (Lipinski definition) is 2. The van der Waals surface area contributed by atoms with Crippen molar-refractivity contribution in [2.45, 2.75) is 32.9 Å². The zero-order chi connectivity index (χ0) is 16.6. The van der Waals surface area contributed by atoms with Crippen molar-refractivity contribution >= 4 is 11.9 Å². The van der Waals surface area contributed by atoms with E-state index >= 15 is 0 Å². The fourth-order valence-electron chi connectivity index (χ4n) is 2.64. The summed E-state index contributed by atoms with van der Waals surface area (Å²) in [6.07, 6.45) is 1.19.